The minimum atomic E-state index is -0.174. The zero-order valence-electron chi connectivity index (χ0n) is 13.4. The van der Waals surface area contributed by atoms with Crippen LogP contribution in [0, 0.1) is 6.92 Å². The van der Waals surface area contributed by atoms with Gasteiger partial charge in [0.2, 0.25) is 0 Å². The maximum Gasteiger partial charge on any atom is 0.305 e. The summed E-state index contributed by atoms with van der Waals surface area (Å²) in [5.41, 5.74) is 0.652. The lowest BCUT2D eigenvalue weighted by atomic mass is 9.95. The van der Waals surface area contributed by atoms with Crippen LogP contribution in [-0.4, -0.2) is 29.1 Å². The number of rotatable bonds is 6. The average molecular weight is 314 g/mol. The number of hydrogen-bond donors (Lipinski definition) is 1. The van der Waals surface area contributed by atoms with Crippen LogP contribution in [0.1, 0.15) is 51.9 Å². The highest BCUT2D eigenvalue weighted by molar-refractivity contribution is 6.30. The molecule has 1 rings (SSSR count). The Hall–Kier alpha value is -1.36. The van der Waals surface area contributed by atoms with E-state index in [0.717, 1.165) is 11.4 Å². The van der Waals surface area contributed by atoms with Gasteiger partial charge in [0.05, 0.1) is 6.61 Å². The van der Waals surface area contributed by atoms with Gasteiger partial charge in [-0.25, -0.2) is 9.97 Å². The highest BCUT2D eigenvalue weighted by Crippen LogP contribution is 2.26. The van der Waals surface area contributed by atoms with Crippen LogP contribution < -0.4 is 5.32 Å². The van der Waals surface area contributed by atoms with Crippen molar-refractivity contribution >= 4 is 23.4 Å². The van der Waals surface area contributed by atoms with E-state index in [2.05, 4.69) is 15.3 Å². The van der Waals surface area contributed by atoms with Crippen LogP contribution in [0.15, 0.2) is 0 Å². The number of carbonyl (C=O) groups is 1. The van der Waals surface area contributed by atoms with Gasteiger partial charge in [0.15, 0.2) is 0 Å². The van der Waals surface area contributed by atoms with Gasteiger partial charge in [0.1, 0.15) is 16.8 Å². The third kappa shape index (κ3) is 5.50. The molecule has 0 unspecified atom stereocenters. The molecular formula is C15H24ClN3O2. The Morgan fingerprint density at radius 2 is 2.00 bits per heavy atom. The van der Waals surface area contributed by atoms with Gasteiger partial charge in [-0.3, -0.25) is 4.79 Å². The number of halogens is 1. The Morgan fingerprint density at radius 1 is 1.33 bits per heavy atom. The summed E-state index contributed by atoms with van der Waals surface area (Å²) in [5.74, 6) is 1.25. The van der Waals surface area contributed by atoms with Crippen molar-refractivity contribution in [2.24, 2.45) is 0 Å². The second-order valence-corrected chi connectivity index (χ2v) is 6.25. The minimum absolute atomic E-state index is 0.168. The number of esters is 1. The van der Waals surface area contributed by atoms with E-state index in [4.69, 9.17) is 16.3 Å². The van der Waals surface area contributed by atoms with Crippen molar-refractivity contribution in [1.82, 2.24) is 9.97 Å². The second kappa shape index (κ2) is 7.59. The molecule has 0 spiro atoms. The van der Waals surface area contributed by atoms with Gasteiger partial charge in [-0.05, 0) is 20.3 Å². The van der Waals surface area contributed by atoms with Crippen LogP contribution in [0.3, 0.4) is 0 Å². The number of aromatic nitrogens is 2. The number of nitrogens with zero attached hydrogens (tertiary/aromatic N) is 2. The predicted molar refractivity (Wildman–Crippen MR) is 84.8 cm³/mol. The van der Waals surface area contributed by atoms with Crippen molar-refractivity contribution < 1.29 is 9.53 Å². The normalized spacial score (nSPS) is 11.3. The van der Waals surface area contributed by atoms with Gasteiger partial charge in [0.25, 0.3) is 0 Å². The first-order valence-corrected chi connectivity index (χ1v) is 7.57. The maximum atomic E-state index is 11.3. The molecule has 0 radical (unpaired) electrons. The SMILES string of the molecule is CCOC(=O)CCCNc1nc(C(C)(C)C)nc(Cl)c1C. The quantitative estimate of drug-likeness (QED) is 0.495. The molecule has 0 bridgehead atoms. The summed E-state index contributed by atoms with van der Waals surface area (Å²) in [6.45, 7) is 10.9. The fourth-order valence-corrected chi connectivity index (χ4v) is 1.84. The van der Waals surface area contributed by atoms with Crippen LogP contribution >= 0.6 is 11.6 Å². The number of nitrogens with one attached hydrogen (secondary N) is 1. The van der Waals surface area contributed by atoms with Gasteiger partial charge in [0, 0.05) is 23.9 Å². The average Bonchev–Trinajstić information content (AvgIpc) is 2.38. The van der Waals surface area contributed by atoms with E-state index in [9.17, 15) is 4.79 Å². The standard InChI is InChI=1S/C15H24ClN3O2/c1-6-21-11(20)8-7-9-17-13-10(2)12(16)18-14(19-13)15(3,4)5/h6-9H2,1-5H3,(H,17,18,19). The summed E-state index contributed by atoms with van der Waals surface area (Å²) in [6, 6.07) is 0. The monoisotopic (exact) mass is 313 g/mol. The fraction of sp³-hybridized carbons (Fsp3) is 0.667. The first-order valence-electron chi connectivity index (χ1n) is 7.19. The van der Waals surface area contributed by atoms with Crippen LogP contribution in [0.2, 0.25) is 5.15 Å². The molecular weight excluding hydrogens is 290 g/mol. The van der Waals surface area contributed by atoms with E-state index < -0.39 is 0 Å². The summed E-state index contributed by atoms with van der Waals surface area (Å²) < 4.78 is 4.89. The Labute approximate surface area is 131 Å². The van der Waals surface area contributed by atoms with E-state index in [-0.39, 0.29) is 11.4 Å². The molecule has 0 fully saturated rings. The molecule has 0 amide bonds. The zero-order chi connectivity index (χ0) is 16.0. The van der Waals surface area contributed by atoms with Gasteiger partial charge in [-0.2, -0.15) is 0 Å². The number of ether oxygens (including phenoxy) is 1. The highest BCUT2D eigenvalue weighted by atomic mass is 35.5. The molecule has 0 saturated heterocycles. The first-order chi connectivity index (χ1) is 9.75. The van der Waals surface area contributed by atoms with E-state index in [1.807, 2.05) is 27.7 Å². The Balaban J connectivity index is 2.66. The van der Waals surface area contributed by atoms with Crippen molar-refractivity contribution in [3.8, 4) is 0 Å². The van der Waals surface area contributed by atoms with Crippen LogP contribution in [0.25, 0.3) is 0 Å². The lowest BCUT2D eigenvalue weighted by Gasteiger charge is -2.19. The smallest absolute Gasteiger partial charge is 0.305 e. The molecule has 0 atom stereocenters. The molecule has 0 aromatic carbocycles. The molecule has 1 aromatic rings. The largest absolute Gasteiger partial charge is 0.466 e. The summed E-state index contributed by atoms with van der Waals surface area (Å²) >= 11 is 6.16. The molecule has 0 aliphatic carbocycles. The summed E-state index contributed by atoms with van der Waals surface area (Å²) in [7, 11) is 0. The van der Waals surface area contributed by atoms with E-state index in [0.29, 0.717) is 37.0 Å². The second-order valence-electron chi connectivity index (χ2n) is 5.90. The molecule has 0 saturated carbocycles. The van der Waals surface area contributed by atoms with Crippen molar-refractivity contribution in [1.29, 1.82) is 0 Å². The predicted octanol–water partition coefficient (Wildman–Crippen LogP) is 3.49. The highest BCUT2D eigenvalue weighted by Gasteiger charge is 2.20. The maximum absolute atomic E-state index is 11.3. The van der Waals surface area contributed by atoms with Crippen molar-refractivity contribution in [2.75, 3.05) is 18.5 Å². The summed E-state index contributed by atoms with van der Waals surface area (Å²) in [5, 5.41) is 3.68. The molecule has 6 heteroatoms. The Kier molecular flexibility index (Phi) is 6.40. The first kappa shape index (κ1) is 17.7. The van der Waals surface area contributed by atoms with Gasteiger partial charge in [-0.1, -0.05) is 32.4 Å². The van der Waals surface area contributed by atoms with Crippen molar-refractivity contribution in [2.45, 2.75) is 52.9 Å². The van der Waals surface area contributed by atoms with Gasteiger partial charge < -0.3 is 10.1 Å². The van der Waals surface area contributed by atoms with Gasteiger partial charge >= 0.3 is 5.97 Å². The van der Waals surface area contributed by atoms with E-state index in [1.54, 1.807) is 6.92 Å². The lowest BCUT2D eigenvalue weighted by molar-refractivity contribution is -0.143. The van der Waals surface area contributed by atoms with Crippen molar-refractivity contribution in [3.63, 3.8) is 0 Å². The molecule has 0 aliphatic heterocycles. The van der Waals surface area contributed by atoms with E-state index in [1.165, 1.54) is 0 Å². The summed E-state index contributed by atoms with van der Waals surface area (Å²) in [6.07, 6.45) is 1.08. The molecule has 0 aliphatic rings. The molecule has 118 valence electrons. The lowest BCUT2D eigenvalue weighted by Crippen LogP contribution is -2.18. The number of anilines is 1. The fourth-order valence-electron chi connectivity index (χ4n) is 1.67. The summed E-state index contributed by atoms with van der Waals surface area (Å²) in [4.78, 5) is 20.1. The van der Waals surface area contributed by atoms with Crippen LogP contribution in [0.4, 0.5) is 5.82 Å². The van der Waals surface area contributed by atoms with Crippen molar-refractivity contribution in [3.05, 3.63) is 16.5 Å². The Bertz CT molecular complexity index is 498. The third-order valence-corrected chi connectivity index (χ3v) is 3.28. The molecule has 1 heterocycles. The molecule has 1 N–H and O–H groups in total. The van der Waals surface area contributed by atoms with Crippen LogP contribution in [0.5, 0.6) is 0 Å². The minimum Gasteiger partial charge on any atom is -0.466 e. The van der Waals surface area contributed by atoms with Crippen LogP contribution in [-0.2, 0) is 14.9 Å². The molecule has 21 heavy (non-hydrogen) atoms. The molecule has 5 nitrogen and oxygen atoms in total. The number of hydrogen-bond acceptors (Lipinski definition) is 5. The Morgan fingerprint density at radius 3 is 2.57 bits per heavy atom. The molecule has 1 aromatic heterocycles. The van der Waals surface area contributed by atoms with Gasteiger partial charge in [-0.15, -0.1) is 0 Å². The third-order valence-electron chi connectivity index (χ3n) is 2.91. The topological polar surface area (TPSA) is 64.1 Å². The number of carbonyl (C=O) groups excluding carboxylic acids is 1. The zero-order valence-corrected chi connectivity index (χ0v) is 14.2. The van der Waals surface area contributed by atoms with E-state index >= 15 is 0 Å².